The topological polar surface area (TPSA) is 23.8 Å². The summed E-state index contributed by atoms with van der Waals surface area (Å²) in [6.07, 6.45) is 3.48. The first-order chi connectivity index (χ1) is 4.20. The largest absolute Gasteiger partial charge is 0.198 e. The van der Waals surface area contributed by atoms with Gasteiger partial charge in [0.05, 0.1) is 6.07 Å². The molecule has 0 aromatic heterocycles. The molecule has 0 aromatic rings. The Kier molecular flexibility index (Phi) is 1.48. The lowest BCUT2D eigenvalue weighted by molar-refractivity contribution is 0.106. The third-order valence-corrected chi connectivity index (χ3v) is 2.51. The van der Waals surface area contributed by atoms with Gasteiger partial charge in [-0.3, -0.25) is 0 Å². The lowest BCUT2D eigenvalue weighted by atomic mass is 9.62. The maximum atomic E-state index is 8.46. The predicted octanol–water partition coefficient (Wildman–Crippen LogP) is 2.34. The van der Waals surface area contributed by atoms with Crippen molar-refractivity contribution in [2.24, 2.45) is 11.3 Å². The van der Waals surface area contributed by atoms with E-state index in [1.54, 1.807) is 0 Å². The van der Waals surface area contributed by atoms with E-state index in [4.69, 9.17) is 5.26 Å². The third-order valence-electron chi connectivity index (χ3n) is 2.51. The van der Waals surface area contributed by atoms with Crippen LogP contribution in [0.15, 0.2) is 0 Å². The molecule has 1 nitrogen and oxygen atoms in total. The van der Waals surface area contributed by atoms with Crippen molar-refractivity contribution in [3.63, 3.8) is 0 Å². The molecule has 0 bridgehead atoms. The van der Waals surface area contributed by atoms with Gasteiger partial charge in [-0.25, -0.2) is 0 Å². The standard InChI is InChI=1S/C8H13N/c1-3-8(2)4-7(5-8)6-9/h7H,3-5H2,1-2H3/t7-,8-. The summed E-state index contributed by atoms with van der Waals surface area (Å²) in [4.78, 5) is 0. The van der Waals surface area contributed by atoms with E-state index in [0.29, 0.717) is 11.3 Å². The van der Waals surface area contributed by atoms with Crippen molar-refractivity contribution in [1.82, 2.24) is 0 Å². The average molecular weight is 123 g/mol. The summed E-state index contributed by atoms with van der Waals surface area (Å²) in [5.74, 6) is 0.370. The monoisotopic (exact) mass is 123 g/mol. The molecule has 0 heterocycles. The molecule has 1 aliphatic rings. The van der Waals surface area contributed by atoms with Crippen LogP contribution in [0.2, 0.25) is 0 Å². The van der Waals surface area contributed by atoms with E-state index in [2.05, 4.69) is 19.9 Å². The van der Waals surface area contributed by atoms with Gasteiger partial charge in [-0.2, -0.15) is 5.26 Å². The molecule has 9 heavy (non-hydrogen) atoms. The van der Waals surface area contributed by atoms with Crippen LogP contribution in [0.4, 0.5) is 0 Å². The summed E-state index contributed by atoms with van der Waals surface area (Å²) < 4.78 is 0. The Morgan fingerprint density at radius 1 is 1.67 bits per heavy atom. The first kappa shape index (κ1) is 6.61. The second-order valence-corrected chi connectivity index (χ2v) is 3.40. The van der Waals surface area contributed by atoms with Gasteiger partial charge < -0.3 is 0 Å². The number of rotatable bonds is 1. The molecule has 1 rings (SSSR count). The first-order valence-corrected chi connectivity index (χ1v) is 3.60. The normalized spacial score (nSPS) is 41.2. The van der Waals surface area contributed by atoms with E-state index >= 15 is 0 Å². The highest BCUT2D eigenvalue weighted by Crippen LogP contribution is 2.47. The third kappa shape index (κ3) is 1.08. The van der Waals surface area contributed by atoms with Gasteiger partial charge >= 0.3 is 0 Å². The van der Waals surface area contributed by atoms with Gasteiger partial charge in [-0.15, -0.1) is 0 Å². The molecule has 0 spiro atoms. The molecule has 0 N–H and O–H groups in total. The van der Waals surface area contributed by atoms with Gasteiger partial charge in [0.1, 0.15) is 0 Å². The molecule has 50 valence electrons. The molecule has 1 aliphatic carbocycles. The Morgan fingerprint density at radius 2 is 2.22 bits per heavy atom. The van der Waals surface area contributed by atoms with E-state index in [0.717, 1.165) is 12.8 Å². The van der Waals surface area contributed by atoms with Crippen LogP contribution in [0, 0.1) is 22.7 Å². The van der Waals surface area contributed by atoms with E-state index in [1.807, 2.05) is 0 Å². The first-order valence-electron chi connectivity index (χ1n) is 3.60. The zero-order chi connectivity index (χ0) is 6.91. The summed E-state index contributed by atoms with van der Waals surface area (Å²) in [6.45, 7) is 4.47. The molecule has 0 aromatic carbocycles. The van der Waals surface area contributed by atoms with E-state index in [-0.39, 0.29) is 0 Å². The summed E-state index contributed by atoms with van der Waals surface area (Å²) in [6, 6.07) is 2.29. The number of nitriles is 1. The Balaban J connectivity index is 2.34. The minimum absolute atomic E-state index is 0.370. The number of hydrogen-bond donors (Lipinski definition) is 0. The van der Waals surface area contributed by atoms with E-state index in [1.165, 1.54) is 6.42 Å². The van der Waals surface area contributed by atoms with Crippen LogP contribution < -0.4 is 0 Å². The summed E-state index contributed by atoms with van der Waals surface area (Å²) in [7, 11) is 0. The molecule has 1 saturated carbocycles. The van der Waals surface area contributed by atoms with Crippen LogP contribution >= 0.6 is 0 Å². The van der Waals surface area contributed by atoms with Crippen LogP contribution in [-0.4, -0.2) is 0 Å². The zero-order valence-corrected chi connectivity index (χ0v) is 6.15. The van der Waals surface area contributed by atoms with Crippen molar-refractivity contribution in [1.29, 1.82) is 5.26 Å². The minimum atomic E-state index is 0.370. The lowest BCUT2D eigenvalue weighted by Gasteiger charge is -2.41. The lowest BCUT2D eigenvalue weighted by Crippen LogP contribution is -2.32. The van der Waals surface area contributed by atoms with Gasteiger partial charge in [0.25, 0.3) is 0 Å². The van der Waals surface area contributed by atoms with Gasteiger partial charge in [0.15, 0.2) is 0 Å². The van der Waals surface area contributed by atoms with Crippen LogP contribution in [0.1, 0.15) is 33.1 Å². The highest BCUT2D eigenvalue weighted by molar-refractivity contribution is 4.99. The maximum absolute atomic E-state index is 8.46. The Bertz CT molecular complexity index is 137. The van der Waals surface area contributed by atoms with Crippen LogP contribution in [-0.2, 0) is 0 Å². The number of nitrogens with zero attached hydrogens (tertiary/aromatic N) is 1. The molecular weight excluding hydrogens is 110 g/mol. The molecule has 0 amide bonds. The highest BCUT2D eigenvalue weighted by atomic mass is 14.4. The van der Waals surface area contributed by atoms with Crippen LogP contribution in [0.5, 0.6) is 0 Å². The molecule has 0 saturated heterocycles. The molecule has 1 fully saturated rings. The summed E-state index contributed by atoms with van der Waals surface area (Å²) >= 11 is 0. The fourth-order valence-corrected chi connectivity index (χ4v) is 1.51. The molecule has 0 unspecified atom stereocenters. The van der Waals surface area contributed by atoms with Crippen molar-refractivity contribution in [2.45, 2.75) is 33.1 Å². The minimum Gasteiger partial charge on any atom is -0.198 e. The Morgan fingerprint density at radius 3 is 2.56 bits per heavy atom. The quantitative estimate of drug-likeness (QED) is 0.525. The molecular formula is C8H13N. The maximum Gasteiger partial charge on any atom is 0.0656 e. The fraction of sp³-hybridized carbons (Fsp3) is 0.875. The average Bonchev–Trinajstić information content (AvgIpc) is 1.81. The van der Waals surface area contributed by atoms with E-state index in [9.17, 15) is 0 Å². The van der Waals surface area contributed by atoms with Gasteiger partial charge in [0.2, 0.25) is 0 Å². The number of hydrogen-bond acceptors (Lipinski definition) is 1. The van der Waals surface area contributed by atoms with Crippen LogP contribution in [0.25, 0.3) is 0 Å². The smallest absolute Gasteiger partial charge is 0.0656 e. The molecule has 0 radical (unpaired) electrons. The highest BCUT2D eigenvalue weighted by Gasteiger charge is 2.38. The summed E-state index contributed by atoms with van der Waals surface area (Å²) in [5, 5.41) is 8.46. The van der Waals surface area contributed by atoms with Crippen molar-refractivity contribution >= 4 is 0 Å². The summed E-state index contributed by atoms with van der Waals surface area (Å²) in [5.41, 5.74) is 0.514. The van der Waals surface area contributed by atoms with Crippen molar-refractivity contribution in [3.8, 4) is 6.07 Å². The van der Waals surface area contributed by atoms with Gasteiger partial charge in [-0.1, -0.05) is 20.3 Å². The van der Waals surface area contributed by atoms with Crippen molar-refractivity contribution in [3.05, 3.63) is 0 Å². The van der Waals surface area contributed by atoms with Gasteiger partial charge in [-0.05, 0) is 18.3 Å². The fourth-order valence-electron chi connectivity index (χ4n) is 1.51. The second kappa shape index (κ2) is 2.02. The zero-order valence-electron chi connectivity index (χ0n) is 6.15. The Hall–Kier alpha value is -0.510. The Labute approximate surface area is 56.7 Å². The van der Waals surface area contributed by atoms with E-state index < -0.39 is 0 Å². The second-order valence-electron chi connectivity index (χ2n) is 3.40. The predicted molar refractivity (Wildman–Crippen MR) is 36.7 cm³/mol. The van der Waals surface area contributed by atoms with Crippen LogP contribution in [0.3, 0.4) is 0 Å². The SMILES string of the molecule is CC[C@]1(C)C[C@@H](C#N)C1. The van der Waals surface area contributed by atoms with Crippen molar-refractivity contribution in [2.75, 3.05) is 0 Å². The molecule has 0 aliphatic heterocycles. The van der Waals surface area contributed by atoms with Crippen molar-refractivity contribution < 1.29 is 0 Å². The molecule has 1 heteroatoms. The molecule has 0 atom stereocenters. The van der Waals surface area contributed by atoms with Gasteiger partial charge in [0, 0.05) is 5.92 Å².